The van der Waals surface area contributed by atoms with E-state index in [-0.39, 0.29) is 5.54 Å². The van der Waals surface area contributed by atoms with Crippen molar-refractivity contribution in [3.63, 3.8) is 0 Å². The van der Waals surface area contributed by atoms with Gasteiger partial charge in [0.1, 0.15) is 5.84 Å². The first-order valence-corrected chi connectivity index (χ1v) is 6.53. The molecule has 3 unspecified atom stereocenters. The second-order valence-corrected chi connectivity index (χ2v) is 6.51. The number of nitrogens with two attached hydrogens (primary N) is 1. The zero-order chi connectivity index (χ0) is 11.8. The summed E-state index contributed by atoms with van der Waals surface area (Å²) < 4.78 is 0. The average molecular weight is 223 g/mol. The van der Waals surface area contributed by atoms with E-state index in [2.05, 4.69) is 31.2 Å². The van der Waals surface area contributed by atoms with E-state index in [1.54, 1.807) is 0 Å². The van der Waals surface area contributed by atoms with Crippen LogP contribution in [0.1, 0.15) is 52.9 Å². The fraction of sp³-hybridized carbons (Fsp3) is 0.923. The van der Waals surface area contributed by atoms with Crippen molar-refractivity contribution >= 4 is 5.84 Å². The van der Waals surface area contributed by atoms with Crippen molar-refractivity contribution in [1.29, 1.82) is 0 Å². The third-order valence-electron chi connectivity index (χ3n) is 3.98. The number of nitrogens with one attached hydrogen (secondary N) is 1. The van der Waals surface area contributed by atoms with Gasteiger partial charge in [-0.05, 0) is 57.8 Å². The Morgan fingerprint density at radius 1 is 1.31 bits per heavy atom. The lowest BCUT2D eigenvalue weighted by atomic mass is 9.86. The maximum atomic E-state index is 5.58. The zero-order valence-electron chi connectivity index (χ0n) is 10.8. The molecule has 3 nitrogen and oxygen atoms in total. The van der Waals surface area contributed by atoms with Gasteiger partial charge in [0.25, 0.3) is 0 Å². The molecule has 0 aromatic rings. The Labute approximate surface area is 98.9 Å². The molecule has 0 heterocycles. The van der Waals surface area contributed by atoms with Gasteiger partial charge in [0, 0.05) is 6.42 Å². The molecule has 0 radical (unpaired) electrons. The molecule has 0 aromatic carbocycles. The molecule has 0 saturated heterocycles. The molecule has 16 heavy (non-hydrogen) atoms. The lowest BCUT2D eigenvalue weighted by Crippen LogP contribution is -2.35. The van der Waals surface area contributed by atoms with E-state index in [0.717, 1.165) is 30.0 Å². The van der Waals surface area contributed by atoms with Crippen LogP contribution in [0.4, 0.5) is 0 Å². The molecule has 2 bridgehead atoms. The predicted octanol–water partition coefficient (Wildman–Crippen LogP) is 2.47. The number of nitrogens with zero attached hydrogens (tertiary/aromatic N) is 1. The molecule has 0 amide bonds. The first-order chi connectivity index (χ1) is 7.48. The van der Waals surface area contributed by atoms with E-state index in [1.165, 1.54) is 25.7 Å². The zero-order valence-corrected chi connectivity index (χ0v) is 10.8. The fourth-order valence-electron chi connectivity index (χ4n) is 3.42. The topological polar surface area (TPSA) is 50.4 Å². The molecule has 3 heteroatoms. The number of hydrazine groups is 1. The summed E-state index contributed by atoms with van der Waals surface area (Å²) >= 11 is 0. The third-order valence-corrected chi connectivity index (χ3v) is 3.98. The van der Waals surface area contributed by atoms with Gasteiger partial charge >= 0.3 is 0 Å². The molecular formula is C13H25N3. The van der Waals surface area contributed by atoms with Crippen LogP contribution >= 0.6 is 0 Å². The lowest BCUT2D eigenvalue weighted by Gasteiger charge is -2.23. The van der Waals surface area contributed by atoms with Crippen molar-refractivity contribution < 1.29 is 0 Å². The summed E-state index contributed by atoms with van der Waals surface area (Å²) in [5, 5.41) is 0. The van der Waals surface area contributed by atoms with Gasteiger partial charge in [-0.25, -0.2) is 5.84 Å². The van der Waals surface area contributed by atoms with Gasteiger partial charge in [0.15, 0.2) is 0 Å². The number of fused-ring (bicyclic) bond motifs is 2. The number of hydrogen-bond donors (Lipinski definition) is 2. The van der Waals surface area contributed by atoms with Crippen LogP contribution in [0.5, 0.6) is 0 Å². The number of hydrogen-bond acceptors (Lipinski definition) is 2. The van der Waals surface area contributed by atoms with Crippen molar-refractivity contribution in [3.8, 4) is 0 Å². The van der Waals surface area contributed by atoms with Gasteiger partial charge in [-0.15, -0.1) is 0 Å². The highest BCUT2D eigenvalue weighted by Crippen LogP contribution is 2.49. The largest absolute Gasteiger partial charge is 0.312 e. The summed E-state index contributed by atoms with van der Waals surface area (Å²) in [5.41, 5.74) is 2.77. The van der Waals surface area contributed by atoms with Crippen LogP contribution < -0.4 is 11.3 Å². The van der Waals surface area contributed by atoms with Crippen molar-refractivity contribution in [2.24, 2.45) is 28.6 Å². The molecule has 0 aliphatic heterocycles. The van der Waals surface area contributed by atoms with E-state index in [0.29, 0.717) is 0 Å². The summed E-state index contributed by atoms with van der Waals surface area (Å²) in [7, 11) is 0. The molecule has 3 atom stereocenters. The lowest BCUT2D eigenvalue weighted by molar-refractivity contribution is 0.340. The monoisotopic (exact) mass is 223 g/mol. The summed E-state index contributed by atoms with van der Waals surface area (Å²) in [5.74, 6) is 9.35. The van der Waals surface area contributed by atoms with Crippen LogP contribution in [-0.2, 0) is 0 Å². The molecule has 92 valence electrons. The first-order valence-electron chi connectivity index (χ1n) is 6.53. The molecule has 2 aliphatic carbocycles. The van der Waals surface area contributed by atoms with E-state index in [1.807, 2.05) is 0 Å². The van der Waals surface area contributed by atoms with Gasteiger partial charge < -0.3 is 5.43 Å². The molecule has 2 aliphatic rings. The Kier molecular flexibility index (Phi) is 3.24. The van der Waals surface area contributed by atoms with Gasteiger partial charge in [-0.3, -0.25) is 4.99 Å². The first kappa shape index (κ1) is 11.9. The second-order valence-electron chi connectivity index (χ2n) is 6.51. The van der Waals surface area contributed by atoms with Crippen molar-refractivity contribution in [2.75, 3.05) is 0 Å². The Hall–Kier alpha value is -0.570. The van der Waals surface area contributed by atoms with E-state index in [9.17, 15) is 0 Å². The predicted molar refractivity (Wildman–Crippen MR) is 68.1 cm³/mol. The molecule has 0 spiro atoms. The van der Waals surface area contributed by atoms with Crippen molar-refractivity contribution in [1.82, 2.24) is 5.43 Å². The minimum atomic E-state index is -0.0284. The van der Waals surface area contributed by atoms with Crippen LogP contribution in [0, 0.1) is 17.8 Å². The van der Waals surface area contributed by atoms with Gasteiger partial charge in [-0.1, -0.05) is 6.42 Å². The van der Waals surface area contributed by atoms with E-state index in [4.69, 9.17) is 5.84 Å². The highest BCUT2D eigenvalue weighted by molar-refractivity contribution is 5.82. The van der Waals surface area contributed by atoms with E-state index >= 15 is 0 Å². The molecular weight excluding hydrogens is 198 g/mol. The van der Waals surface area contributed by atoms with Crippen LogP contribution in [-0.4, -0.2) is 11.4 Å². The molecule has 2 fully saturated rings. The molecule has 3 N–H and O–H groups in total. The van der Waals surface area contributed by atoms with Gasteiger partial charge in [-0.2, -0.15) is 0 Å². The Morgan fingerprint density at radius 2 is 2.06 bits per heavy atom. The van der Waals surface area contributed by atoms with Crippen LogP contribution in [0.3, 0.4) is 0 Å². The summed E-state index contributed by atoms with van der Waals surface area (Å²) in [4.78, 5) is 4.65. The minimum Gasteiger partial charge on any atom is -0.312 e. The van der Waals surface area contributed by atoms with Gasteiger partial charge in [0.2, 0.25) is 0 Å². The third kappa shape index (κ3) is 2.76. The molecule has 0 aromatic heterocycles. The normalized spacial score (nSPS) is 34.5. The molecule has 2 saturated carbocycles. The number of amidine groups is 1. The van der Waals surface area contributed by atoms with E-state index < -0.39 is 0 Å². The Bertz CT molecular complexity index is 277. The number of aliphatic imine (C=N–C) groups is 1. The standard InChI is InChI=1S/C13H25N3/c1-13(2,3)15-12(16-14)8-11-7-9-4-5-10(11)6-9/h9-11H,4-8,14H2,1-3H3,(H,15,16). The van der Waals surface area contributed by atoms with Gasteiger partial charge in [0.05, 0.1) is 5.54 Å². The minimum absolute atomic E-state index is 0.0284. The highest BCUT2D eigenvalue weighted by atomic mass is 15.3. The average Bonchev–Trinajstić information content (AvgIpc) is 2.75. The Morgan fingerprint density at radius 3 is 2.50 bits per heavy atom. The fourth-order valence-corrected chi connectivity index (χ4v) is 3.42. The maximum Gasteiger partial charge on any atom is 0.111 e. The van der Waals surface area contributed by atoms with Crippen LogP contribution in [0.25, 0.3) is 0 Å². The molecule has 2 rings (SSSR count). The SMILES string of the molecule is CC(C)(C)N=C(CC1CC2CCC1C2)NN. The summed E-state index contributed by atoms with van der Waals surface area (Å²) in [6, 6.07) is 0. The van der Waals surface area contributed by atoms with Crippen molar-refractivity contribution in [3.05, 3.63) is 0 Å². The quantitative estimate of drug-likeness (QED) is 0.327. The Balaban J connectivity index is 1.95. The highest BCUT2D eigenvalue weighted by Gasteiger charge is 2.39. The maximum absolute atomic E-state index is 5.58. The van der Waals surface area contributed by atoms with Crippen molar-refractivity contribution in [2.45, 2.75) is 58.4 Å². The van der Waals surface area contributed by atoms with Crippen LogP contribution in [0.2, 0.25) is 0 Å². The second kappa shape index (κ2) is 4.36. The summed E-state index contributed by atoms with van der Waals surface area (Å²) in [6.07, 6.45) is 6.80. The number of rotatable bonds is 2. The van der Waals surface area contributed by atoms with Crippen LogP contribution in [0.15, 0.2) is 4.99 Å². The summed E-state index contributed by atoms with van der Waals surface area (Å²) in [6.45, 7) is 6.35. The smallest absolute Gasteiger partial charge is 0.111 e.